The van der Waals surface area contributed by atoms with Gasteiger partial charge in [0.1, 0.15) is 5.69 Å². The zero-order valence-corrected chi connectivity index (χ0v) is 6.68. The fourth-order valence-corrected chi connectivity index (χ4v) is 0.919. The van der Waals surface area contributed by atoms with Crippen molar-refractivity contribution < 1.29 is 18.3 Å². The van der Waals surface area contributed by atoms with Gasteiger partial charge in [-0.15, -0.1) is 0 Å². The van der Waals surface area contributed by atoms with Gasteiger partial charge in [-0.1, -0.05) is 0 Å². The normalized spacial score (nSPS) is 14.5. The van der Waals surface area contributed by atoms with Crippen LogP contribution in [0.4, 0.5) is 19.1 Å². The van der Waals surface area contributed by atoms with Gasteiger partial charge in [0.25, 0.3) is 0 Å². The molecule has 1 rings (SSSR count). The van der Waals surface area contributed by atoms with Gasteiger partial charge in [-0.25, -0.2) is 4.98 Å². The number of anilines is 1. The molecule has 4 nitrogen and oxygen atoms in total. The highest BCUT2D eigenvalue weighted by molar-refractivity contribution is 5.27. The molecule has 0 bridgehead atoms. The van der Waals surface area contributed by atoms with Crippen LogP contribution in [0.3, 0.4) is 0 Å². The first-order chi connectivity index (χ1) is 5.82. The van der Waals surface area contributed by atoms with E-state index >= 15 is 0 Å². The lowest BCUT2D eigenvalue weighted by Gasteiger charge is -2.12. The molecule has 0 aliphatic heterocycles. The summed E-state index contributed by atoms with van der Waals surface area (Å²) in [6, 6.07) is 0. The van der Waals surface area contributed by atoms with Crippen LogP contribution in [0.15, 0.2) is 0 Å². The van der Waals surface area contributed by atoms with Gasteiger partial charge in [-0.05, 0) is 6.92 Å². The third-order valence-corrected chi connectivity index (χ3v) is 1.51. The van der Waals surface area contributed by atoms with Gasteiger partial charge >= 0.3 is 6.18 Å². The molecule has 0 aromatic carbocycles. The van der Waals surface area contributed by atoms with Crippen molar-refractivity contribution in [1.29, 1.82) is 0 Å². The van der Waals surface area contributed by atoms with E-state index in [4.69, 9.17) is 10.8 Å². The number of aromatic amines is 1. The monoisotopic (exact) mass is 195 g/mol. The highest BCUT2D eigenvalue weighted by Gasteiger charge is 2.41. The average Bonchev–Trinajstić information content (AvgIpc) is 2.26. The lowest BCUT2D eigenvalue weighted by molar-refractivity contribution is -0.208. The number of nitrogens with one attached hydrogen (secondary N) is 1. The summed E-state index contributed by atoms with van der Waals surface area (Å²) in [5.41, 5.74) is 4.75. The standard InChI is InChI=1S/C6H8F3N3O/c1-2-3(12-5(10)11-2)4(13)6(7,8)9/h4,13H,1H3,(H3,10,11,12). The minimum Gasteiger partial charge on any atom is -0.378 e. The number of H-pyrrole nitrogens is 1. The molecule has 74 valence electrons. The number of aromatic nitrogens is 2. The van der Waals surface area contributed by atoms with Crippen molar-refractivity contribution in [1.82, 2.24) is 9.97 Å². The van der Waals surface area contributed by atoms with Gasteiger partial charge in [-0.2, -0.15) is 13.2 Å². The molecule has 0 amide bonds. The smallest absolute Gasteiger partial charge is 0.378 e. The van der Waals surface area contributed by atoms with Gasteiger partial charge in [0.2, 0.25) is 0 Å². The second-order valence-corrected chi connectivity index (χ2v) is 2.58. The molecule has 1 heterocycles. The predicted octanol–water partition coefficient (Wildman–Crippen LogP) is 0.896. The van der Waals surface area contributed by atoms with Crippen LogP contribution < -0.4 is 5.73 Å². The number of aliphatic hydroxyl groups is 1. The van der Waals surface area contributed by atoms with E-state index in [2.05, 4.69) is 9.97 Å². The molecule has 0 saturated carbocycles. The maximum atomic E-state index is 12.0. The van der Waals surface area contributed by atoms with Crippen molar-refractivity contribution in [3.63, 3.8) is 0 Å². The number of hydrogen-bond acceptors (Lipinski definition) is 3. The largest absolute Gasteiger partial charge is 0.420 e. The van der Waals surface area contributed by atoms with Gasteiger partial charge in [0, 0.05) is 5.69 Å². The van der Waals surface area contributed by atoms with E-state index < -0.39 is 18.0 Å². The van der Waals surface area contributed by atoms with E-state index in [9.17, 15) is 13.2 Å². The Bertz CT molecular complexity index is 307. The topological polar surface area (TPSA) is 74.9 Å². The van der Waals surface area contributed by atoms with Crippen LogP contribution >= 0.6 is 0 Å². The van der Waals surface area contributed by atoms with E-state index in [0.717, 1.165) is 0 Å². The number of nitrogen functional groups attached to an aromatic ring is 1. The third-order valence-electron chi connectivity index (χ3n) is 1.51. The SMILES string of the molecule is Cc1[nH]c(N)nc1C(O)C(F)(F)F. The van der Waals surface area contributed by atoms with Crippen LogP contribution in [0, 0.1) is 6.92 Å². The summed E-state index contributed by atoms with van der Waals surface area (Å²) in [6.45, 7) is 1.35. The Labute approximate surface area is 71.6 Å². The minimum atomic E-state index is -4.72. The molecule has 0 fully saturated rings. The van der Waals surface area contributed by atoms with E-state index in [1.807, 2.05) is 0 Å². The molecule has 1 atom stereocenters. The van der Waals surface area contributed by atoms with Crippen molar-refractivity contribution in [2.24, 2.45) is 0 Å². The van der Waals surface area contributed by atoms with Crippen LogP contribution in [0.2, 0.25) is 0 Å². The van der Waals surface area contributed by atoms with E-state index in [1.165, 1.54) is 6.92 Å². The van der Waals surface area contributed by atoms with Crippen LogP contribution in [0.5, 0.6) is 0 Å². The first-order valence-corrected chi connectivity index (χ1v) is 3.39. The lowest BCUT2D eigenvalue weighted by atomic mass is 10.2. The molecule has 0 spiro atoms. The number of halogens is 3. The third kappa shape index (κ3) is 1.92. The van der Waals surface area contributed by atoms with Crippen LogP contribution in [0.25, 0.3) is 0 Å². The van der Waals surface area contributed by atoms with Crippen molar-refractivity contribution in [3.05, 3.63) is 11.4 Å². The maximum Gasteiger partial charge on any atom is 0.420 e. The van der Waals surface area contributed by atoms with Gasteiger partial charge in [0.15, 0.2) is 12.1 Å². The summed E-state index contributed by atoms with van der Waals surface area (Å²) in [5.74, 6) is -0.143. The van der Waals surface area contributed by atoms with Crippen molar-refractivity contribution in [3.8, 4) is 0 Å². The van der Waals surface area contributed by atoms with E-state index in [1.54, 1.807) is 0 Å². The summed E-state index contributed by atoms with van der Waals surface area (Å²) < 4.78 is 35.9. The maximum absolute atomic E-state index is 12.0. The summed E-state index contributed by atoms with van der Waals surface area (Å²) in [6.07, 6.45) is -7.30. The minimum absolute atomic E-state index is 0.113. The van der Waals surface area contributed by atoms with Crippen molar-refractivity contribution >= 4 is 5.95 Å². The highest BCUT2D eigenvalue weighted by Crippen LogP contribution is 2.32. The van der Waals surface area contributed by atoms with E-state index in [0.29, 0.717) is 0 Å². The zero-order chi connectivity index (χ0) is 10.2. The molecule has 0 aliphatic carbocycles. The molecule has 1 unspecified atom stereocenters. The van der Waals surface area contributed by atoms with Gasteiger partial charge < -0.3 is 15.8 Å². The van der Waals surface area contributed by atoms with Gasteiger partial charge in [-0.3, -0.25) is 0 Å². The summed E-state index contributed by atoms with van der Waals surface area (Å²) >= 11 is 0. The lowest BCUT2D eigenvalue weighted by Crippen LogP contribution is -2.21. The number of rotatable bonds is 1. The Balaban J connectivity index is 3.01. The Hall–Kier alpha value is -1.24. The van der Waals surface area contributed by atoms with Crippen molar-refractivity contribution in [2.75, 3.05) is 5.73 Å². The number of nitrogens with two attached hydrogens (primary N) is 1. The quantitative estimate of drug-likeness (QED) is 0.623. The number of nitrogens with zero attached hydrogens (tertiary/aromatic N) is 1. The highest BCUT2D eigenvalue weighted by atomic mass is 19.4. The average molecular weight is 195 g/mol. The number of alkyl halides is 3. The molecule has 4 N–H and O–H groups in total. The van der Waals surface area contributed by atoms with Crippen molar-refractivity contribution in [2.45, 2.75) is 19.2 Å². The fourth-order valence-electron chi connectivity index (χ4n) is 0.919. The van der Waals surface area contributed by atoms with Gasteiger partial charge in [0.05, 0.1) is 0 Å². The van der Waals surface area contributed by atoms with Crippen LogP contribution in [0.1, 0.15) is 17.5 Å². The molecular weight excluding hydrogens is 187 g/mol. The number of hydrogen-bond donors (Lipinski definition) is 3. The summed E-state index contributed by atoms with van der Waals surface area (Å²) in [7, 11) is 0. The Morgan fingerprint density at radius 2 is 2.08 bits per heavy atom. The summed E-state index contributed by atoms with van der Waals surface area (Å²) in [4.78, 5) is 5.70. The predicted molar refractivity (Wildman–Crippen MR) is 38.8 cm³/mol. The number of aryl methyl sites for hydroxylation is 1. The Morgan fingerprint density at radius 1 is 1.54 bits per heavy atom. The molecular formula is C6H8F3N3O. The first-order valence-electron chi connectivity index (χ1n) is 3.39. The zero-order valence-electron chi connectivity index (χ0n) is 6.68. The van der Waals surface area contributed by atoms with Crippen LogP contribution in [-0.2, 0) is 0 Å². The fraction of sp³-hybridized carbons (Fsp3) is 0.500. The van der Waals surface area contributed by atoms with Crippen LogP contribution in [-0.4, -0.2) is 21.3 Å². The molecule has 13 heavy (non-hydrogen) atoms. The van der Waals surface area contributed by atoms with E-state index in [-0.39, 0.29) is 11.6 Å². The first kappa shape index (κ1) is 9.85. The molecule has 1 aromatic rings. The molecule has 7 heteroatoms. The number of imidazole rings is 1. The molecule has 0 radical (unpaired) electrons. The Morgan fingerprint density at radius 3 is 2.38 bits per heavy atom. The molecule has 0 aliphatic rings. The second kappa shape index (κ2) is 2.91. The molecule has 0 saturated heterocycles. The second-order valence-electron chi connectivity index (χ2n) is 2.58. The Kier molecular flexibility index (Phi) is 2.21. The summed E-state index contributed by atoms with van der Waals surface area (Å²) in [5, 5.41) is 8.79. The molecule has 1 aromatic heterocycles. The number of aliphatic hydroxyl groups excluding tert-OH is 1.